The molecular weight excluding hydrogens is 266 g/mol. The Bertz CT molecular complexity index is 228. The number of hydrogen-bond acceptors (Lipinski definition) is 2. The fourth-order valence-electron chi connectivity index (χ4n) is 3.30. The number of halogens is 1. The molecule has 2 unspecified atom stereocenters. The van der Waals surface area contributed by atoms with Crippen molar-refractivity contribution < 1.29 is 5.11 Å². The lowest BCUT2D eigenvalue weighted by molar-refractivity contribution is 0.0203. The van der Waals surface area contributed by atoms with E-state index in [0.717, 1.165) is 24.8 Å². The topological polar surface area (TPSA) is 23.5 Å². The summed E-state index contributed by atoms with van der Waals surface area (Å²) in [6.07, 6.45) is 6.45. The molecule has 2 nitrogen and oxygen atoms in total. The van der Waals surface area contributed by atoms with Crippen LogP contribution in [-0.4, -0.2) is 41.1 Å². The zero-order valence-corrected chi connectivity index (χ0v) is 11.9. The van der Waals surface area contributed by atoms with Crippen LogP contribution in [0.15, 0.2) is 0 Å². The number of piperidine rings is 1. The Morgan fingerprint density at radius 1 is 1.38 bits per heavy atom. The second kappa shape index (κ2) is 5.36. The molecule has 2 rings (SSSR count). The summed E-state index contributed by atoms with van der Waals surface area (Å²) in [7, 11) is 0. The van der Waals surface area contributed by atoms with Crippen molar-refractivity contribution in [3.05, 3.63) is 0 Å². The Hall–Kier alpha value is 0.400. The third kappa shape index (κ3) is 2.80. The maximum atomic E-state index is 9.74. The summed E-state index contributed by atoms with van der Waals surface area (Å²) in [6.45, 7) is 5.57. The van der Waals surface area contributed by atoms with Gasteiger partial charge in [-0.25, -0.2) is 0 Å². The second-order valence-electron chi connectivity index (χ2n) is 5.91. The molecule has 2 fully saturated rings. The maximum absolute atomic E-state index is 9.74. The zero-order chi connectivity index (χ0) is 11.6. The van der Waals surface area contributed by atoms with Crippen LogP contribution in [0.1, 0.15) is 39.0 Å². The van der Waals surface area contributed by atoms with Gasteiger partial charge in [0.15, 0.2) is 0 Å². The summed E-state index contributed by atoms with van der Waals surface area (Å²) in [6, 6.07) is 0. The smallest absolute Gasteiger partial charge is 0.0590 e. The molecule has 1 N–H and O–H groups in total. The van der Waals surface area contributed by atoms with Gasteiger partial charge in [-0.1, -0.05) is 35.7 Å². The van der Waals surface area contributed by atoms with E-state index in [-0.39, 0.29) is 6.10 Å². The highest BCUT2D eigenvalue weighted by Gasteiger charge is 2.36. The van der Waals surface area contributed by atoms with Gasteiger partial charge in [-0.3, -0.25) is 0 Å². The van der Waals surface area contributed by atoms with Crippen molar-refractivity contribution in [1.82, 2.24) is 4.90 Å². The molecule has 1 saturated heterocycles. The van der Waals surface area contributed by atoms with E-state index < -0.39 is 0 Å². The first kappa shape index (κ1) is 12.8. The lowest BCUT2D eigenvalue weighted by Crippen LogP contribution is -2.46. The van der Waals surface area contributed by atoms with E-state index in [1.807, 2.05) is 0 Å². The Labute approximate surface area is 108 Å². The van der Waals surface area contributed by atoms with Gasteiger partial charge in [-0.2, -0.15) is 0 Å². The first-order valence-corrected chi connectivity index (χ1v) is 7.74. The fourth-order valence-corrected chi connectivity index (χ4v) is 4.03. The number of rotatable bonds is 3. The molecule has 0 bridgehead atoms. The van der Waals surface area contributed by atoms with Gasteiger partial charge in [0.05, 0.1) is 6.10 Å². The van der Waals surface area contributed by atoms with E-state index in [4.69, 9.17) is 0 Å². The Morgan fingerprint density at radius 2 is 2.06 bits per heavy atom. The highest BCUT2D eigenvalue weighted by molar-refractivity contribution is 9.09. The molecule has 16 heavy (non-hydrogen) atoms. The number of alkyl halides is 1. The summed E-state index contributed by atoms with van der Waals surface area (Å²) >= 11 is 3.71. The Morgan fingerprint density at radius 3 is 2.62 bits per heavy atom. The highest BCUT2D eigenvalue weighted by Crippen LogP contribution is 2.40. The molecule has 0 radical (unpaired) electrons. The fraction of sp³-hybridized carbons (Fsp3) is 1.00. The SMILES string of the molecule is CC1CN(CC2(CBr)CCCC2)CCC1O. The van der Waals surface area contributed by atoms with Gasteiger partial charge >= 0.3 is 0 Å². The van der Waals surface area contributed by atoms with E-state index in [9.17, 15) is 5.11 Å². The van der Waals surface area contributed by atoms with Crippen LogP contribution < -0.4 is 0 Å². The van der Waals surface area contributed by atoms with Crippen LogP contribution in [0.2, 0.25) is 0 Å². The quantitative estimate of drug-likeness (QED) is 0.808. The molecule has 94 valence electrons. The second-order valence-corrected chi connectivity index (χ2v) is 6.47. The van der Waals surface area contributed by atoms with Crippen molar-refractivity contribution in [2.24, 2.45) is 11.3 Å². The monoisotopic (exact) mass is 289 g/mol. The maximum Gasteiger partial charge on any atom is 0.0590 e. The standard InChI is InChI=1S/C13H24BrNO/c1-11-8-15(7-4-12(11)16)10-13(9-14)5-2-3-6-13/h11-12,16H,2-10H2,1H3. The highest BCUT2D eigenvalue weighted by atomic mass is 79.9. The number of aliphatic hydroxyl groups is 1. The molecule has 0 spiro atoms. The number of aliphatic hydroxyl groups excluding tert-OH is 1. The van der Waals surface area contributed by atoms with Crippen molar-refractivity contribution in [2.75, 3.05) is 25.0 Å². The van der Waals surface area contributed by atoms with Gasteiger partial charge in [0, 0.05) is 25.0 Å². The van der Waals surface area contributed by atoms with Crippen LogP contribution >= 0.6 is 15.9 Å². The minimum absolute atomic E-state index is 0.0697. The molecular formula is C13H24BrNO. The molecule has 0 aromatic rings. The predicted molar refractivity (Wildman–Crippen MR) is 70.9 cm³/mol. The lowest BCUT2D eigenvalue weighted by atomic mass is 9.86. The lowest BCUT2D eigenvalue weighted by Gasteiger charge is -2.40. The predicted octanol–water partition coefficient (Wildman–Crippen LogP) is 2.64. The molecule has 2 aliphatic rings. The van der Waals surface area contributed by atoms with E-state index in [1.54, 1.807) is 0 Å². The minimum atomic E-state index is -0.0697. The van der Waals surface area contributed by atoms with Crippen LogP contribution in [0.4, 0.5) is 0 Å². The van der Waals surface area contributed by atoms with Gasteiger partial charge in [0.1, 0.15) is 0 Å². The summed E-state index contributed by atoms with van der Waals surface area (Å²) in [5.41, 5.74) is 0.530. The third-order valence-electron chi connectivity index (χ3n) is 4.45. The van der Waals surface area contributed by atoms with Crippen LogP contribution in [0.5, 0.6) is 0 Å². The van der Waals surface area contributed by atoms with Crippen molar-refractivity contribution in [1.29, 1.82) is 0 Å². The van der Waals surface area contributed by atoms with Crippen LogP contribution in [0, 0.1) is 11.3 Å². The van der Waals surface area contributed by atoms with Crippen molar-refractivity contribution >= 4 is 15.9 Å². The summed E-state index contributed by atoms with van der Waals surface area (Å²) in [4.78, 5) is 2.57. The number of hydrogen-bond donors (Lipinski definition) is 1. The van der Waals surface area contributed by atoms with E-state index in [2.05, 4.69) is 27.8 Å². The van der Waals surface area contributed by atoms with Crippen molar-refractivity contribution in [3.8, 4) is 0 Å². The van der Waals surface area contributed by atoms with Crippen molar-refractivity contribution in [3.63, 3.8) is 0 Å². The Balaban J connectivity index is 1.89. The Kier molecular flexibility index (Phi) is 4.31. The van der Waals surface area contributed by atoms with Gasteiger partial charge in [-0.05, 0) is 30.6 Å². The largest absolute Gasteiger partial charge is 0.393 e. The van der Waals surface area contributed by atoms with Gasteiger partial charge in [0.2, 0.25) is 0 Å². The number of nitrogens with zero attached hydrogens (tertiary/aromatic N) is 1. The normalized spacial score (nSPS) is 35.4. The molecule has 2 atom stereocenters. The molecule has 0 aromatic heterocycles. The van der Waals surface area contributed by atoms with Crippen LogP contribution in [-0.2, 0) is 0 Å². The summed E-state index contributed by atoms with van der Waals surface area (Å²) < 4.78 is 0. The minimum Gasteiger partial charge on any atom is -0.393 e. The molecule has 0 aromatic carbocycles. The van der Waals surface area contributed by atoms with Gasteiger partial charge in [-0.15, -0.1) is 0 Å². The van der Waals surface area contributed by atoms with Gasteiger partial charge < -0.3 is 10.0 Å². The zero-order valence-electron chi connectivity index (χ0n) is 10.3. The average Bonchev–Trinajstić information content (AvgIpc) is 2.73. The average molecular weight is 290 g/mol. The van der Waals surface area contributed by atoms with Crippen molar-refractivity contribution in [2.45, 2.75) is 45.1 Å². The molecule has 1 heterocycles. The first-order chi connectivity index (χ1) is 7.65. The van der Waals surface area contributed by atoms with Crippen LogP contribution in [0.3, 0.4) is 0 Å². The molecule has 1 saturated carbocycles. The molecule has 3 heteroatoms. The van der Waals surface area contributed by atoms with E-state index in [0.29, 0.717) is 11.3 Å². The van der Waals surface area contributed by atoms with Crippen LogP contribution in [0.25, 0.3) is 0 Å². The molecule has 0 amide bonds. The summed E-state index contributed by atoms with van der Waals surface area (Å²) in [5.74, 6) is 0.447. The first-order valence-electron chi connectivity index (χ1n) is 6.62. The van der Waals surface area contributed by atoms with E-state index in [1.165, 1.54) is 32.2 Å². The summed E-state index contributed by atoms with van der Waals surface area (Å²) in [5, 5.41) is 10.9. The molecule has 1 aliphatic carbocycles. The van der Waals surface area contributed by atoms with Gasteiger partial charge in [0.25, 0.3) is 0 Å². The number of likely N-dealkylation sites (tertiary alicyclic amines) is 1. The molecule has 1 aliphatic heterocycles. The van der Waals surface area contributed by atoms with E-state index >= 15 is 0 Å². The third-order valence-corrected chi connectivity index (χ3v) is 5.64.